The fourth-order valence-electron chi connectivity index (χ4n) is 1.93. The van der Waals surface area contributed by atoms with Gasteiger partial charge in [0.1, 0.15) is 6.04 Å². The van der Waals surface area contributed by atoms with Gasteiger partial charge in [-0.1, -0.05) is 30.3 Å². The summed E-state index contributed by atoms with van der Waals surface area (Å²) in [5, 5.41) is 6.00. The number of nitrogens with zero attached hydrogens (tertiary/aromatic N) is 2. The number of carbonyl (C=O) groups excluding carboxylic acids is 1. The highest BCUT2D eigenvalue weighted by atomic mass is 16.1. The molecule has 2 rings (SSSR count). The number of primary amides is 1. The summed E-state index contributed by atoms with van der Waals surface area (Å²) in [5.41, 5.74) is 6.48. The lowest BCUT2D eigenvalue weighted by atomic mass is 10.1. The molecule has 4 heteroatoms. The van der Waals surface area contributed by atoms with Crippen molar-refractivity contribution in [3.05, 3.63) is 35.9 Å². The van der Waals surface area contributed by atoms with Crippen molar-refractivity contribution < 1.29 is 4.79 Å². The maximum absolute atomic E-state index is 11.2. The Hall–Kier alpha value is -1.84. The van der Waals surface area contributed by atoms with Gasteiger partial charge in [-0.05, 0) is 12.5 Å². The molecule has 1 amide bonds. The van der Waals surface area contributed by atoms with Gasteiger partial charge in [0.05, 0.1) is 6.04 Å². The van der Waals surface area contributed by atoms with Crippen LogP contribution in [0.3, 0.4) is 0 Å². The van der Waals surface area contributed by atoms with Gasteiger partial charge >= 0.3 is 0 Å². The minimum absolute atomic E-state index is 0.0671. The predicted molar refractivity (Wildman–Crippen MR) is 62.8 cm³/mol. The molecule has 1 aromatic rings. The lowest BCUT2D eigenvalue weighted by Gasteiger charge is -2.28. The molecule has 0 saturated carbocycles. The molecule has 1 aromatic carbocycles. The Balaban J connectivity index is 2.19. The molecule has 84 valence electrons. The highest BCUT2D eigenvalue weighted by Gasteiger charge is 2.30. The minimum Gasteiger partial charge on any atom is -0.368 e. The van der Waals surface area contributed by atoms with Crippen molar-refractivity contribution in [2.75, 3.05) is 0 Å². The Morgan fingerprint density at radius 3 is 2.81 bits per heavy atom. The maximum Gasteiger partial charge on any atom is 0.242 e. The standard InChI is InChI=1S/C12H15N3O/c1-9(10-5-3-2-4-6-10)15-11(12(13)16)7-8-14-15/h2-6,8-9,11H,7H2,1H3,(H2,13,16)/t9-,11?/m0/s1. The zero-order chi connectivity index (χ0) is 11.5. The van der Waals surface area contributed by atoms with Crippen LogP contribution in [0.1, 0.15) is 24.9 Å². The first kappa shape index (κ1) is 10.7. The lowest BCUT2D eigenvalue weighted by molar-refractivity contribution is -0.123. The lowest BCUT2D eigenvalue weighted by Crippen LogP contribution is -2.40. The van der Waals surface area contributed by atoms with Gasteiger partial charge < -0.3 is 5.73 Å². The molecule has 0 spiro atoms. The molecule has 1 aliphatic heterocycles. The van der Waals surface area contributed by atoms with Gasteiger partial charge in [-0.15, -0.1) is 0 Å². The van der Waals surface area contributed by atoms with Crippen LogP contribution in [0.4, 0.5) is 0 Å². The van der Waals surface area contributed by atoms with E-state index in [9.17, 15) is 4.79 Å². The average Bonchev–Trinajstić information content (AvgIpc) is 2.78. The highest BCUT2D eigenvalue weighted by Crippen LogP contribution is 2.26. The van der Waals surface area contributed by atoms with Gasteiger partial charge in [0.25, 0.3) is 0 Å². The molecular formula is C12H15N3O. The molecule has 1 unspecified atom stereocenters. The molecule has 0 aromatic heterocycles. The molecule has 16 heavy (non-hydrogen) atoms. The maximum atomic E-state index is 11.2. The summed E-state index contributed by atoms with van der Waals surface area (Å²) in [6, 6.07) is 9.73. The zero-order valence-corrected chi connectivity index (χ0v) is 9.21. The third kappa shape index (κ3) is 1.91. The normalized spacial score (nSPS) is 21.1. The molecule has 1 heterocycles. The number of hydrogen-bond donors (Lipinski definition) is 1. The zero-order valence-electron chi connectivity index (χ0n) is 9.21. The van der Waals surface area contributed by atoms with Crippen LogP contribution in [0.5, 0.6) is 0 Å². The minimum atomic E-state index is -0.319. The Labute approximate surface area is 94.7 Å². The first-order valence-electron chi connectivity index (χ1n) is 5.35. The average molecular weight is 217 g/mol. The summed E-state index contributed by atoms with van der Waals surface area (Å²) in [6.45, 7) is 2.02. The Kier molecular flexibility index (Phi) is 2.90. The SMILES string of the molecule is C[C@@H](c1ccccc1)N1N=CCC1C(N)=O. The van der Waals surface area contributed by atoms with E-state index in [1.165, 1.54) is 0 Å². The van der Waals surface area contributed by atoms with Gasteiger partial charge in [-0.3, -0.25) is 9.80 Å². The molecule has 0 aliphatic carbocycles. The number of amides is 1. The van der Waals surface area contributed by atoms with E-state index in [-0.39, 0.29) is 18.0 Å². The van der Waals surface area contributed by atoms with Gasteiger partial charge in [0.15, 0.2) is 0 Å². The first-order chi connectivity index (χ1) is 7.70. The second-order valence-corrected chi connectivity index (χ2v) is 3.92. The van der Waals surface area contributed by atoms with Gasteiger partial charge in [-0.2, -0.15) is 5.10 Å². The number of nitrogens with two attached hydrogens (primary N) is 1. The van der Waals surface area contributed by atoms with Crippen molar-refractivity contribution >= 4 is 12.1 Å². The van der Waals surface area contributed by atoms with Crippen LogP contribution < -0.4 is 5.73 Å². The number of rotatable bonds is 3. The van der Waals surface area contributed by atoms with Crippen molar-refractivity contribution in [3.8, 4) is 0 Å². The van der Waals surface area contributed by atoms with E-state index in [0.29, 0.717) is 6.42 Å². The van der Waals surface area contributed by atoms with Crippen molar-refractivity contribution in [2.45, 2.75) is 25.4 Å². The van der Waals surface area contributed by atoms with E-state index in [0.717, 1.165) is 5.56 Å². The predicted octanol–water partition coefficient (Wildman–Crippen LogP) is 1.29. The fourth-order valence-corrected chi connectivity index (χ4v) is 1.93. The third-order valence-corrected chi connectivity index (χ3v) is 2.87. The Morgan fingerprint density at radius 1 is 1.50 bits per heavy atom. The van der Waals surface area contributed by atoms with Crippen molar-refractivity contribution in [2.24, 2.45) is 10.8 Å². The monoisotopic (exact) mass is 217 g/mol. The quantitative estimate of drug-likeness (QED) is 0.829. The number of benzene rings is 1. The molecule has 4 nitrogen and oxygen atoms in total. The topological polar surface area (TPSA) is 58.7 Å². The summed E-state index contributed by atoms with van der Waals surface area (Å²) in [7, 11) is 0. The van der Waals surface area contributed by atoms with Crippen molar-refractivity contribution in [1.82, 2.24) is 5.01 Å². The molecule has 1 aliphatic rings. The number of carbonyl (C=O) groups is 1. The summed E-state index contributed by atoms with van der Waals surface area (Å²) >= 11 is 0. The Bertz CT molecular complexity index is 402. The van der Waals surface area contributed by atoms with Gasteiger partial charge in [0.2, 0.25) is 5.91 Å². The number of hydrogen-bond acceptors (Lipinski definition) is 3. The fraction of sp³-hybridized carbons (Fsp3) is 0.333. The summed E-state index contributed by atoms with van der Waals surface area (Å²) in [6.07, 6.45) is 2.35. The van der Waals surface area contributed by atoms with Crippen LogP contribution in [-0.2, 0) is 4.79 Å². The molecule has 2 N–H and O–H groups in total. The third-order valence-electron chi connectivity index (χ3n) is 2.87. The van der Waals surface area contributed by atoms with E-state index < -0.39 is 0 Å². The second kappa shape index (κ2) is 4.35. The highest BCUT2D eigenvalue weighted by molar-refractivity contribution is 5.84. The van der Waals surface area contributed by atoms with E-state index in [4.69, 9.17) is 5.73 Å². The second-order valence-electron chi connectivity index (χ2n) is 3.92. The molecule has 0 saturated heterocycles. The Morgan fingerprint density at radius 2 is 2.19 bits per heavy atom. The van der Waals surface area contributed by atoms with Crippen LogP contribution >= 0.6 is 0 Å². The van der Waals surface area contributed by atoms with Gasteiger partial charge in [0, 0.05) is 12.6 Å². The van der Waals surface area contributed by atoms with E-state index in [1.54, 1.807) is 11.2 Å². The van der Waals surface area contributed by atoms with E-state index >= 15 is 0 Å². The number of hydrazone groups is 1. The summed E-state index contributed by atoms with van der Waals surface area (Å²) in [5.74, 6) is -0.319. The van der Waals surface area contributed by atoms with Gasteiger partial charge in [-0.25, -0.2) is 0 Å². The molecule has 0 radical (unpaired) electrons. The van der Waals surface area contributed by atoms with Crippen LogP contribution in [0.25, 0.3) is 0 Å². The van der Waals surface area contributed by atoms with Crippen LogP contribution in [-0.4, -0.2) is 23.2 Å². The largest absolute Gasteiger partial charge is 0.368 e. The summed E-state index contributed by atoms with van der Waals surface area (Å²) < 4.78 is 0. The molecular weight excluding hydrogens is 202 g/mol. The van der Waals surface area contributed by atoms with Crippen LogP contribution in [0, 0.1) is 0 Å². The van der Waals surface area contributed by atoms with E-state index in [1.807, 2.05) is 37.3 Å². The molecule has 0 bridgehead atoms. The summed E-state index contributed by atoms with van der Waals surface area (Å²) in [4.78, 5) is 11.2. The van der Waals surface area contributed by atoms with Crippen LogP contribution in [0.2, 0.25) is 0 Å². The first-order valence-corrected chi connectivity index (χ1v) is 5.35. The molecule has 0 fully saturated rings. The van der Waals surface area contributed by atoms with Crippen LogP contribution in [0.15, 0.2) is 35.4 Å². The molecule has 2 atom stereocenters. The van der Waals surface area contributed by atoms with Crippen molar-refractivity contribution in [3.63, 3.8) is 0 Å². The van der Waals surface area contributed by atoms with E-state index in [2.05, 4.69) is 5.10 Å². The smallest absolute Gasteiger partial charge is 0.242 e. The van der Waals surface area contributed by atoms with Crippen molar-refractivity contribution in [1.29, 1.82) is 0 Å².